The molecule has 3 heterocycles. The zero-order chi connectivity index (χ0) is 19.3. The first kappa shape index (κ1) is 18.7. The molecule has 148 valence electrons. The minimum Gasteiger partial charge on any atom is -0.448 e. The topological polar surface area (TPSA) is 80.4 Å². The van der Waals surface area contributed by atoms with Crippen molar-refractivity contribution in [2.75, 3.05) is 26.2 Å². The molecular weight excluding hydrogens is 356 g/mol. The number of hydrogen-bond donors (Lipinski definition) is 1. The molecule has 0 saturated carbocycles. The van der Waals surface area contributed by atoms with Crippen LogP contribution < -0.4 is 10.9 Å². The smallest absolute Gasteiger partial charge is 0.297 e. The van der Waals surface area contributed by atoms with Gasteiger partial charge in [0, 0.05) is 11.9 Å². The second-order valence-corrected chi connectivity index (χ2v) is 7.41. The highest BCUT2D eigenvalue weighted by Gasteiger charge is 2.14. The Morgan fingerprint density at radius 1 is 1.14 bits per heavy atom. The molecule has 0 unspecified atom stereocenters. The van der Waals surface area contributed by atoms with Gasteiger partial charge in [-0.1, -0.05) is 25.0 Å². The number of benzene rings is 1. The van der Waals surface area contributed by atoms with Gasteiger partial charge in [-0.25, -0.2) is 4.98 Å². The first-order valence-corrected chi connectivity index (χ1v) is 10.1. The summed E-state index contributed by atoms with van der Waals surface area (Å²) in [6.07, 6.45) is 7.53. The maximum Gasteiger partial charge on any atom is 0.297 e. The number of furan rings is 1. The Morgan fingerprint density at radius 3 is 2.75 bits per heavy atom. The number of carbonyl (C=O) groups is 1. The van der Waals surface area contributed by atoms with Gasteiger partial charge in [0.15, 0.2) is 0 Å². The van der Waals surface area contributed by atoms with Crippen LogP contribution in [-0.4, -0.2) is 46.5 Å². The second kappa shape index (κ2) is 8.56. The lowest BCUT2D eigenvalue weighted by Crippen LogP contribution is -2.34. The van der Waals surface area contributed by atoms with Gasteiger partial charge in [0.05, 0.1) is 6.33 Å². The molecule has 0 radical (unpaired) electrons. The lowest BCUT2D eigenvalue weighted by molar-refractivity contribution is -0.121. The van der Waals surface area contributed by atoms with E-state index in [4.69, 9.17) is 4.42 Å². The molecule has 1 N–H and O–H groups in total. The van der Waals surface area contributed by atoms with Crippen LogP contribution in [0.5, 0.6) is 0 Å². The van der Waals surface area contributed by atoms with Gasteiger partial charge in [-0.3, -0.25) is 14.2 Å². The number of aromatic nitrogens is 2. The summed E-state index contributed by atoms with van der Waals surface area (Å²) in [6.45, 7) is 3.89. The normalized spacial score (nSPS) is 15.7. The number of hydrogen-bond acceptors (Lipinski definition) is 5. The SMILES string of the molecule is O=C(Cn1cnc2c(oc3ccccc32)c1=O)NCCCN1CCCCCC1. The third-order valence-corrected chi connectivity index (χ3v) is 5.34. The second-order valence-electron chi connectivity index (χ2n) is 7.41. The predicted octanol–water partition coefficient (Wildman–Crippen LogP) is 2.53. The summed E-state index contributed by atoms with van der Waals surface area (Å²) >= 11 is 0. The van der Waals surface area contributed by atoms with Crippen LogP contribution in [0.15, 0.2) is 39.8 Å². The van der Waals surface area contributed by atoms with Crippen LogP contribution in [-0.2, 0) is 11.3 Å². The van der Waals surface area contributed by atoms with Gasteiger partial charge in [-0.2, -0.15) is 0 Å². The van der Waals surface area contributed by atoms with E-state index >= 15 is 0 Å². The van der Waals surface area contributed by atoms with Crippen molar-refractivity contribution < 1.29 is 9.21 Å². The first-order chi connectivity index (χ1) is 13.7. The lowest BCUT2D eigenvalue weighted by atomic mass is 10.2. The molecule has 4 rings (SSSR count). The third-order valence-electron chi connectivity index (χ3n) is 5.34. The molecule has 1 aliphatic rings. The minimum atomic E-state index is -0.332. The zero-order valence-electron chi connectivity index (χ0n) is 16.0. The quantitative estimate of drug-likeness (QED) is 0.663. The monoisotopic (exact) mass is 382 g/mol. The fourth-order valence-electron chi connectivity index (χ4n) is 3.83. The largest absolute Gasteiger partial charge is 0.448 e. The fraction of sp³-hybridized carbons (Fsp3) is 0.476. The van der Waals surface area contributed by atoms with E-state index in [-0.39, 0.29) is 23.6 Å². The fourth-order valence-corrected chi connectivity index (χ4v) is 3.83. The van der Waals surface area contributed by atoms with Gasteiger partial charge in [0.1, 0.15) is 17.6 Å². The lowest BCUT2D eigenvalue weighted by Gasteiger charge is -2.19. The Labute approximate surface area is 163 Å². The number of nitrogens with zero attached hydrogens (tertiary/aromatic N) is 3. The van der Waals surface area contributed by atoms with Gasteiger partial charge in [-0.15, -0.1) is 0 Å². The molecule has 28 heavy (non-hydrogen) atoms. The molecule has 1 aliphatic heterocycles. The van der Waals surface area contributed by atoms with Crippen molar-refractivity contribution in [1.82, 2.24) is 19.8 Å². The highest BCUT2D eigenvalue weighted by atomic mass is 16.3. The van der Waals surface area contributed by atoms with Crippen LogP contribution in [0.1, 0.15) is 32.1 Å². The Morgan fingerprint density at radius 2 is 1.93 bits per heavy atom. The highest BCUT2D eigenvalue weighted by molar-refractivity contribution is 6.01. The molecule has 2 aromatic heterocycles. The molecule has 3 aromatic rings. The van der Waals surface area contributed by atoms with Crippen LogP contribution in [0.25, 0.3) is 22.1 Å². The summed E-state index contributed by atoms with van der Waals surface area (Å²) in [4.78, 5) is 31.7. The summed E-state index contributed by atoms with van der Waals surface area (Å²) in [6, 6.07) is 7.40. The van der Waals surface area contributed by atoms with Gasteiger partial charge < -0.3 is 14.6 Å². The number of rotatable bonds is 6. The van der Waals surface area contributed by atoms with E-state index in [1.807, 2.05) is 18.2 Å². The molecule has 0 aliphatic carbocycles. The highest BCUT2D eigenvalue weighted by Crippen LogP contribution is 2.23. The molecule has 7 heteroatoms. The standard InChI is InChI=1S/C21H26N4O3/c26-18(22-10-7-13-24-11-5-1-2-6-12-24)14-25-15-23-19-16-8-3-4-9-17(16)28-20(19)21(25)27/h3-4,8-9,15H,1-2,5-7,10-14H2,(H,22,26). The van der Waals surface area contributed by atoms with Crippen molar-refractivity contribution in [3.8, 4) is 0 Å². The van der Waals surface area contributed by atoms with Gasteiger partial charge in [0.25, 0.3) is 5.56 Å². The molecule has 1 saturated heterocycles. The van der Waals surface area contributed by atoms with Crippen molar-refractivity contribution in [3.63, 3.8) is 0 Å². The summed E-state index contributed by atoms with van der Waals surface area (Å²) in [5.41, 5.74) is 1.02. The number of para-hydroxylation sites is 1. The molecule has 0 spiro atoms. The maximum atomic E-state index is 12.6. The Bertz CT molecular complexity index is 1020. The third kappa shape index (κ3) is 4.09. The van der Waals surface area contributed by atoms with Crippen molar-refractivity contribution in [2.24, 2.45) is 0 Å². The molecule has 0 atom stereocenters. The minimum absolute atomic E-state index is 0.0530. The molecule has 1 aromatic carbocycles. The average molecular weight is 382 g/mol. The van der Waals surface area contributed by atoms with Crippen molar-refractivity contribution in [2.45, 2.75) is 38.6 Å². The Balaban J connectivity index is 1.34. The van der Waals surface area contributed by atoms with Crippen molar-refractivity contribution in [3.05, 3.63) is 40.9 Å². The van der Waals surface area contributed by atoms with E-state index in [9.17, 15) is 9.59 Å². The van der Waals surface area contributed by atoms with Crippen LogP contribution in [0, 0.1) is 0 Å². The van der Waals surface area contributed by atoms with E-state index < -0.39 is 0 Å². The van der Waals surface area contributed by atoms with Gasteiger partial charge >= 0.3 is 0 Å². The number of likely N-dealkylation sites (tertiary alicyclic amines) is 1. The van der Waals surface area contributed by atoms with Crippen LogP contribution in [0.4, 0.5) is 0 Å². The predicted molar refractivity (Wildman–Crippen MR) is 108 cm³/mol. The molecule has 1 amide bonds. The maximum absolute atomic E-state index is 12.6. The number of amides is 1. The Hall–Kier alpha value is -2.67. The molecule has 0 bridgehead atoms. The average Bonchev–Trinajstić information content (AvgIpc) is 2.89. The van der Waals surface area contributed by atoms with Crippen molar-refractivity contribution >= 4 is 28.0 Å². The van der Waals surface area contributed by atoms with E-state index in [0.29, 0.717) is 17.6 Å². The Kier molecular flexibility index (Phi) is 5.71. The number of nitrogens with one attached hydrogen (secondary N) is 1. The summed E-state index contributed by atoms with van der Waals surface area (Å²) in [7, 11) is 0. The molecular formula is C21H26N4O3. The number of carbonyl (C=O) groups excluding carboxylic acids is 1. The molecule has 1 fully saturated rings. The molecule has 7 nitrogen and oxygen atoms in total. The summed E-state index contributed by atoms with van der Waals surface area (Å²) in [5, 5.41) is 3.71. The van der Waals surface area contributed by atoms with Gasteiger partial charge in [-0.05, 0) is 51.0 Å². The zero-order valence-corrected chi connectivity index (χ0v) is 16.0. The van der Waals surface area contributed by atoms with Crippen LogP contribution in [0.2, 0.25) is 0 Å². The first-order valence-electron chi connectivity index (χ1n) is 10.1. The van der Waals surface area contributed by atoms with Crippen molar-refractivity contribution in [1.29, 1.82) is 0 Å². The van der Waals surface area contributed by atoms with Crippen LogP contribution in [0.3, 0.4) is 0 Å². The summed E-state index contributed by atoms with van der Waals surface area (Å²) in [5.74, 6) is -0.185. The van der Waals surface area contributed by atoms with Gasteiger partial charge in [0.2, 0.25) is 11.5 Å². The van der Waals surface area contributed by atoms with E-state index in [1.165, 1.54) is 36.6 Å². The number of fused-ring (bicyclic) bond motifs is 3. The van der Waals surface area contributed by atoms with E-state index in [2.05, 4.69) is 15.2 Å². The van der Waals surface area contributed by atoms with E-state index in [1.54, 1.807) is 6.07 Å². The summed E-state index contributed by atoms with van der Waals surface area (Å²) < 4.78 is 6.95. The van der Waals surface area contributed by atoms with E-state index in [0.717, 1.165) is 31.4 Å². The van der Waals surface area contributed by atoms with Crippen LogP contribution >= 0.6 is 0 Å².